The van der Waals surface area contributed by atoms with Crippen molar-refractivity contribution in [3.63, 3.8) is 0 Å². The summed E-state index contributed by atoms with van der Waals surface area (Å²) >= 11 is 6.13. The van der Waals surface area contributed by atoms with E-state index in [1.165, 1.54) is 6.26 Å². The van der Waals surface area contributed by atoms with Crippen LogP contribution in [0.1, 0.15) is 28.6 Å². The summed E-state index contributed by atoms with van der Waals surface area (Å²) in [5, 5.41) is 0.678. The minimum atomic E-state index is -0.0336. The van der Waals surface area contributed by atoms with E-state index in [1.807, 2.05) is 31.2 Å². The monoisotopic (exact) mass is 277 g/mol. The van der Waals surface area contributed by atoms with Gasteiger partial charge in [0, 0.05) is 18.1 Å². The molecule has 0 radical (unpaired) electrons. The lowest BCUT2D eigenvalue weighted by atomic mass is 10.1. The highest BCUT2D eigenvalue weighted by Crippen LogP contribution is 2.19. The zero-order valence-corrected chi connectivity index (χ0v) is 11.8. The third-order valence-corrected chi connectivity index (χ3v) is 3.45. The van der Waals surface area contributed by atoms with E-state index in [0.29, 0.717) is 29.4 Å². The van der Waals surface area contributed by atoms with E-state index in [0.717, 1.165) is 5.56 Å². The van der Waals surface area contributed by atoms with Crippen LogP contribution in [0.5, 0.6) is 0 Å². The van der Waals surface area contributed by atoms with Gasteiger partial charge in [0.25, 0.3) is 5.91 Å². The van der Waals surface area contributed by atoms with Crippen molar-refractivity contribution in [3.8, 4) is 0 Å². The first-order valence-corrected chi connectivity index (χ1v) is 6.58. The first kappa shape index (κ1) is 13.7. The Kier molecular flexibility index (Phi) is 4.27. The fraction of sp³-hybridized carbons (Fsp3) is 0.267. The quantitative estimate of drug-likeness (QED) is 0.849. The molecular weight excluding hydrogens is 262 g/mol. The maximum absolute atomic E-state index is 12.4. The Morgan fingerprint density at radius 3 is 2.63 bits per heavy atom. The number of rotatable bonds is 4. The van der Waals surface area contributed by atoms with E-state index in [4.69, 9.17) is 16.0 Å². The molecule has 1 aromatic carbocycles. The van der Waals surface area contributed by atoms with Gasteiger partial charge < -0.3 is 9.32 Å². The lowest BCUT2D eigenvalue weighted by Gasteiger charge is -2.21. The van der Waals surface area contributed by atoms with Gasteiger partial charge in [0.15, 0.2) is 0 Å². The van der Waals surface area contributed by atoms with E-state index in [-0.39, 0.29) is 5.91 Å². The topological polar surface area (TPSA) is 33.5 Å². The van der Waals surface area contributed by atoms with Crippen LogP contribution in [0.3, 0.4) is 0 Å². The van der Waals surface area contributed by atoms with Crippen molar-refractivity contribution in [2.75, 3.05) is 6.54 Å². The molecule has 0 aliphatic rings. The molecule has 0 aliphatic carbocycles. The van der Waals surface area contributed by atoms with Gasteiger partial charge in [-0.05, 0) is 31.5 Å². The molecule has 0 saturated carbocycles. The van der Waals surface area contributed by atoms with Crippen LogP contribution in [0.4, 0.5) is 0 Å². The van der Waals surface area contributed by atoms with Crippen LogP contribution in [0.25, 0.3) is 0 Å². The number of benzene rings is 1. The SMILES string of the molecule is CCN(Cc1ccccc1Cl)C(=O)c1ccoc1C. The molecule has 0 saturated heterocycles. The van der Waals surface area contributed by atoms with Gasteiger partial charge in [-0.25, -0.2) is 0 Å². The summed E-state index contributed by atoms with van der Waals surface area (Å²) in [4.78, 5) is 14.1. The van der Waals surface area contributed by atoms with Gasteiger partial charge in [0.05, 0.1) is 11.8 Å². The Balaban J connectivity index is 2.20. The Labute approximate surface area is 117 Å². The highest BCUT2D eigenvalue weighted by atomic mass is 35.5. The molecular formula is C15H16ClNO2. The van der Waals surface area contributed by atoms with Crippen molar-refractivity contribution < 1.29 is 9.21 Å². The van der Waals surface area contributed by atoms with E-state index in [9.17, 15) is 4.79 Å². The van der Waals surface area contributed by atoms with Gasteiger partial charge >= 0.3 is 0 Å². The molecule has 1 aromatic heterocycles. The standard InChI is InChI=1S/C15H16ClNO2/c1-3-17(10-12-6-4-5-7-14(12)16)15(18)13-8-9-19-11(13)2/h4-9H,3,10H2,1-2H3. The number of furan rings is 1. The molecule has 1 amide bonds. The molecule has 100 valence electrons. The van der Waals surface area contributed by atoms with Gasteiger partial charge in [-0.3, -0.25) is 4.79 Å². The predicted molar refractivity (Wildman–Crippen MR) is 75.3 cm³/mol. The van der Waals surface area contributed by atoms with Crippen LogP contribution in [0.2, 0.25) is 5.02 Å². The van der Waals surface area contributed by atoms with Gasteiger partial charge in [0.1, 0.15) is 5.76 Å². The summed E-state index contributed by atoms with van der Waals surface area (Å²) in [5.41, 5.74) is 1.55. The summed E-state index contributed by atoms with van der Waals surface area (Å²) < 4.78 is 5.18. The summed E-state index contributed by atoms with van der Waals surface area (Å²) in [6.07, 6.45) is 1.53. The maximum atomic E-state index is 12.4. The maximum Gasteiger partial charge on any atom is 0.257 e. The summed E-state index contributed by atoms with van der Waals surface area (Å²) in [7, 11) is 0. The number of amides is 1. The van der Waals surface area contributed by atoms with Crippen LogP contribution in [-0.2, 0) is 6.54 Å². The van der Waals surface area contributed by atoms with E-state index < -0.39 is 0 Å². The Bertz CT molecular complexity index is 577. The molecule has 19 heavy (non-hydrogen) atoms. The molecule has 0 atom stereocenters. The molecule has 2 rings (SSSR count). The second-order valence-corrected chi connectivity index (χ2v) is 4.71. The zero-order valence-electron chi connectivity index (χ0n) is 11.0. The largest absolute Gasteiger partial charge is 0.469 e. The number of hydrogen-bond acceptors (Lipinski definition) is 2. The average Bonchev–Trinajstić information content (AvgIpc) is 2.83. The lowest BCUT2D eigenvalue weighted by Crippen LogP contribution is -2.30. The Morgan fingerprint density at radius 2 is 2.05 bits per heavy atom. The molecule has 4 heteroatoms. The molecule has 0 N–H and O–H groups in total. The molecule has 0 aliphatic heterocycles. The summed E-state index contributed by atoms with van der Waals surface area (Å²) in [5.74, 6) is 0.608. The molecule has 0 bridgehead atoms. The van der Waals surface area contributed by atoms with Gasteiger partial charge in [0.2, 0.25) is 0 Å². The molecule has 0 unspecified atom stereocenters. The smallest absolute Gasteiger partial charge is 0.257 e. The molecule has 0 fully saturated rings. The van der Waals surface area contributed by atoms with Gasteiger partial charge in [-0.2, -0.15) is 0 Å². The van der Waals surface area contributed by atoms with Crippen LogP contribution in [0, 0.1) is 6.92 Å². The first-order chi connectivity index (χ1) is 9.13. The van der Waals surface area contributed by atoms with Crippen molar-refractivity contribution >= 4 is 17.5 Å². The number of halogens is 1. The number of carbonyl (C=O) groups is 1. The second kappa shape index (κ2) is 5.93. The highest BCUT2D eigenvalue weighted by molar-refractivity contribution is 6.31. The molecule has 0 spiro atoms. The minimum Gasteiger partial charge on any atom is -0.469 e. The van der Waals surface area contributed by atoms with Gasteiger partial charge in [-0.15, -0.1) is 0 Å². The Morgan fingerprint density at radius 1 is 1.32 bits per heavy atom. The number of aryl methyl sites for hydroxylation is 1. The normalized spacial score (nSPS) is 10.5. The van der Waals surface area contributed by atoms with Crippen LogP contribution >= 0.6 is 11.6 Å². The number of nitrogens with zero attached hydrogens (tertiary/aromatic N) is 1. The Hall–Kier alpha value is -1.74. The fourth-order valence-corrected chi connectivity index (χ4v) is 2.13. The molecule has 2 aromatic rings. The second-order valence-electron chi connectivity index (χ2n) is 4.30. The van der Waals surface area contributed by atoms with E-state index in [2.05, 4.69) is 0 Å². The fourth-order valence-electron chi connectivity index (χ4n) is 1.94. The average molecular weight is 278 g/mol. The minimum absolute atomic E-state index is 0.0336. The van der Waals surface area contributed by atoms with Crippen LogP contribution in [-0.4, -0.2) is 17.4 Å². The van der Waals surface area contributed by atoms with Crippen molar-refractivity contribution in [1.82, 2.24) is 4.90 Å². The first-order valence-electron chi connectivity index (χ1n) is 6.20. The molecule has 1 heterocycles. The van der Waals surface area contributed by atoms with Crippen molar-refractivity contribution in [3.05, 3.63) is 58.5 Å². The molecule has 3 nitrogen and oxygen atoms in total. The van der Waals surface area contributed by atoms with Crippen molar-refractivity contribution in [1.29, 1.82) is 0 Å². The summed E-state index contributed by atoms with van der Waals surface area (Å²) in [6, 6.07) is 9.26. The van der Waals surface area contributed by atoms with Crippen LogP contribution < -0.4 is 0 Å². The van der Waals surface area contributed by atoms with Gasteiger partial charge in [-0.1, -0.05) is 29.8 Å². The van der Waals surface area contributed by atoms with E-state index in [1.54, 1.807) is 17.9 Å². The van der Waals surface area contributed by atoms with E-state index >= 15 is 0 Å². The third-order valence-electron chi connectivity index (χ3n) is 3.08. The predicted octanol–water partition coefficient (Wildman–Crippen LogP) is 3.90. The summed E-state index contributed by atoms with van der Waals surface area (Å²) in [6.45, 7) is 4.86. The lowest BCUT2D eigenvalue weighted by molar-refractivity contribution is 0.0751. The van der Waals surface area contributed by atoms with Crippen LogP contribution in [0.15, 0.2) is 41.0 Å². The third kappa shape index (κ3) is 2.99. The van der Waals surface area contributed by atoms with Crippen molar-refractivity contribution in [2.24, 2.45) is 0 Å². The zero-order chi connectivity index (χ0) is 13.8. The number of hydrogen-bond donors (Lipinski definition) is 0. The number of carbonyl (C=O) groups excluding carboxylic acids is 1. The van der Waals surface area contributed by atoms with Crippen molar-refractivity contribution in [2.45, 2.75) is 20.4 Å². The highest BCUT2D eigenvalue weighted by Gasteiger charge is 2.18.